The Balaban J connectivity index is 1.01. The number of sulfonamides is 1. The normalized spacial score (nSPS) is 19.4. The zero-order valence-corrected chi connectivity index (χ0v) is 21.5. The number of ether oxygens (including phenoxy) is 2. The molecule has 3 heterocycles. The van der Waals surface area contributed by atoms with E-state index in [0.717, 1.165) is 41.9 Å². The molecule has 0 atom stereocenters. The zero-order chi connectivity index (χ0) is 25.4. The van der Waals surface area contributed by atoms with E-state index in [0.29, 0.717) is 43.9 Å². The van der Waals surface area contributed by atoms with Crippen molar-refractivity contribution in [3.63, 3.8) is 0 Å². The summed E-state index contributed by atoms with van der Waals surface area (Å²) < 4.78 is 38.9. The van der Waals surface area contributed by atoms with Crippen molar-refractivity contribution < 1.29 is 22.7 Å². The molecule has 0 saturated carbocycles. The molecule has 1 amide bonds. The molecule has 0 aromatic heterocycles. The molecule has 2 fully saturated rings. The second kappa shape index (κ2) is 9.96. The summed E-state index contributed by atoms with van der Waals surface area (Å²) in [5.74, 6) is 1.62. The monoisotopic (exact) mass is 521 g/mol. The van der Waals surface area contributed by atoms with Crippen LogP contribution in [0.15, 0.2) is 65.6 Å². The molecule has 0 aliphatic carbocycles. The Morgan fingerprint density at radius 2 is 1.54 bits per heavy atom. The first-order valence-corrected chi connectivity index (χ1v) is 14.3. The van der Waals surface area contributed by atoms with E-state index in [4.69, 9.17) is 9.47 Å². The van der Waals surface area contributed by atoms with Gasteiger partial charge in [-0.3, -0.25) is 9.69 Å². The first-order chi connectivity index (χ1) is 18.0. The molecule has 0 spiro atoms. The van der Waals surface area contributed by atoms with Crippen molar-refractivity contribution in [2.45, 2.75) is 24.3 Å². The number of piperidine rings is 1. The van der Waals surface area contributed by atoms with Crippen molar-refractivity contribution >= 4 is 26.7 Å². The standard InChI is InChI=1S/C28H31N3O5S/c32-28(30-15-13-29(14-16-30)19-21-5-8-26-27(17-21)36-20-35-26)23-9-11-31(12-10-23)37(33,34)25-7-6-22-3-1-2-4-24(22)18-25/h1-8,17-18,23H,9-16,19-20H2. The summed E-state index contributed by atoms with van der Waals surface area (Å²) in [5, 5.41) is 1.92. The van der Waals surface area contributed by atoms with Crippen LogP contribution in [0.2, 0.25) is 0 Å². The minimum absolute atomic E-state index is 0.122. The highest BCUT2D eigenvalue weighted by molar-refractivity contribution is 7.89. The lowest BCUT2D eigenvalue weighted by atomic mass is 9.96. The maximum Gasteiger partial charge on any atom is 0.243 e. The maximum absolute atomic E-state index is 13.3. The predicted molar refractivity (Wildman–Crippen MR) is 140 cm³/mol. The summed E-state index contributed by atoms with van der Waals surface area (Å²) >= 11 is 0. The quantitative estimate of drug-likeness (QED) is 0.513. The number of piperazine rings is 1. The molecular formula is C28H31N3O5S. The largest absolute Gasteiger partial charge is 0.454 e. The summed E-state index contributed by atoms with van der Waals surface area (Å²) in [6, 6.07) is 19.1. The van der Waals surface area contributed by atoms with Crippen molar-refractivity contribution in [1.82, 2.24) is 14.1 Å². The van der Waals surface area contributed by atoms with Crippen LogP contribution in [-0.4, -0.2) is 74.5 Å². The number of nitrogens with zero attached hydrogens (tertiary/aromatic N) is 3. The summed E-state index contributed by atoms with van der Waals surface area (Å²) in [6.07, 6.45) is 1.12. The van der Waals surface area contributed by atoms with Gasteiger partial charge in [0, 0.05) is 51.7 Å². The van der Waals surface area contributed by atoms with E-state index in [1.54, 1.807) is 12.1 Å². The van der Waals surface area contributed by atoms with Crippen LogP contribution in [0.1, 0.15) is 18.4 Å². The molecule has 3 aliphatic heterocycles. The van der Waals surface area contributed by atoms with E-state index in [2.05, 4.69) is 11.0 Å². The third-order valence-corrected chi connectivity index (χ3v) is 9.58. The molecule has 3 aromatic rings. The smallest absolute Gasteiger partial charge is 0.243 e. The highest BCUT2D eigenvalue weighted by Crippen LogP contribution is 2.33. The minimum atomic E-state index is -3.58. The number of fused-ring (bicyclic) bond motifs is 2. The minimum Gasteiger partial charge on any atom is -0.454 e. The lowest BCUT2D eigenvalue weighted by molar-refractivity contribution is -0.138. The highest BCUT2D eigenvalue weighted by atomic mass is 32.2. The Bertz CT molecular complexity index is 1410. The van der Waals surface area contributed by atoms with Crippen LogP contribution in [0.5, 0.6) is 11.5 Å². The molecule has 37 heavy (non-hydrogen) atoms. The van der Waals surface area contributed by atoms with Crippen molar-refractivity contribution in [1.29, 1.82) is 0 Å². The Morgan fingerprint density at radius 3 is 2.32 bits per heavy atom. The van der Waals surface area contributed by atoms with E-state index in [1.165, 1.54) is 9.87 Å². The molecule has 9 heteroatoms. The van der Waals surface area contributed by atoms with E-state index in [1.807, 2.05) is 47.4 Å². The lowest BCUT2D eigenvalue weighted by Crippen LogP contribution is -2.51. The average Bonchev–Trinajstić information content (AvgIpc) is 3.41. The van der Waals surface area contributed by atoms with Crippen LogP contribution >= 0.6 is 0 Å². The first-order valence-electron chi connectivity index (χ1n) is 12.9. The van der Waals surface area contributed by atoms with Gasteiger partial charge in [0.2, 0.25) is 22.7 Å². The summed E-state index contributed by atoms with van der Waals surface area (Å²) in [6.45, 7) is 4.84. The summed E-state index contributed by atoms with van der Waals surface area (Å²) in [7, 11) is -3.58. The van der Waals surface area contributed by atoms with Gasteiger partial charge in [0.25, 0.3) is 0 Å². The molecule has 0 bridgehead atoms. The zero-order valence-electron chi connectivity index (χ0n) is 20.7. The summed E-state index contributed by atoms with van der Waals surface area (Å²) in [4.78, 5) is 17.8. The Hall–Kier alpha value is -3.14. The van der Waals surface area contributed by atoms with Crippen LogP contribution < -0.4 is 9.47 Å². The number of carbonyl (C=O) groups excluding carboxylic acids is 1. The topological polar surface area (TPSA) is 79.4 Å². The molecule has 6 rings (SSSR count). The van der Waals surface area contributed by atoms with Gasteiger partial charge in [0.1, 0.15) is 0 Å². The molecular weight excluding hydrogens is 490 g/mol. The van der Waals surface area contributed by atoms with Gasteiger partial charge < -0.3 is 14.4 Å². The third-order valence-electron chi connectivity index (χ3n) is 7.69. The molecule has 3 aromatic carbocycles. The fourth-order valence-electron chi connectivity index (χ4n) is 5.50. The number of benzene rings is 3. The Morgan fingerprint density at radius 1 is 0.811 bits per heavy atom. The molecule has 0 N–H and O–H groups in total. The van der Waals surface area contributed by atoms with E-state index >= 15 is 0 Å². The number of carbonyl (C=O) groups is 1. The van der Waals surface area contributed by atoms with E-state index in [9.17, 15) is 13.2 Å². The molecule has 2 saturated heterocycles. The number of hydrogen-bond donors (Lipinski definition) is 0. The van der Waals surface area contributed by atoms with Crippen LogP contribution in [0.25, 0.3) is 10.8 Å². The molecule has 194 valence electrons. The van der Waals surface area contributed by atoms with E-state index in [-0.39, 0.29) is 18.6 Å². The van der Waals surface area contributed by atoms with Crippen LogP contribution in [0, 0.1) is 5.92 Å². The number of rotatable bonds is 5. The van der Waals surface area contributed by atoms with Gasteiger partial charge in [-0.2, -0.15) is 4.31 Å². The molecule has 3 aliphatic rings. The summed E-state index contributed by atoms with van der Waals surface area (Å²) in [5.41, 5.74) is 1.17. The van der Waals surface area contributed by atoms with Gasteiger partial charge in [0.15, 0.2) is 11.5 Å². The first kappa shape index (κ1) is 24.2. The Labute approximate surface area is 217 Å². The second-order valence-corrected chi connectivity index (χ2v) is 11.9. The van der Waals surface area contributed by atoms with Crippen LogP contribution in [0.4, 0.5) is 0 Å². The molecule has 0 radical (unpaired) electrons. The van der Waals surface area contributed by atoms with Crippen molar-refractivity contribution in [2.24, 2.45) is 5.92 Å². The second-order valence-electron chi connectivity index (χ2n) is 9.98. The molecule has 8 nitrogen and oxygen atoms in total. The van der Waals surface area contributed by atoms with Crippen LogP contribution in [0.3, 0.4) is 0 Å². The Kier molecular flexibility index (Phi) is 6.52. The van der Waals surface area contributed by atoms with Gasteiger partial charge in [-0.1, -0.05) is 36.4 Å². The SMILES string of the molecule is O=C(C1CCN(S(=O)(=O)c2ccc3ccccc3c2)CC1)N1CCN(Cc2ccc3c(c2)OCO3)CC1. The lowest BCUT2D eigenvalue weighted by Gasteiger charge is -2.38. The van der Waals surface area contributed by atoms with Gasteiger partial charge in [-0.15, -0.1) is 0 Å². The maximum atomic E-state index is 13.3. The fourth-order valence-corrected chi connectivity index (χ4v) is 7.01. The van der Waals surface area contributed by atoms with Gasteiger partial charge in [0.05, 0.1) is 4.90 Å². The molecule has 0 unspecified atom stereocenters. The predicted octanol–water partition coefficient (Wildman–Crippen LogP) is 3.31. The van der Waals surface area contributed by atoms with E-state index < -0.39 is 10.0 Å². The number of amides is 1. The van der Waals surface area contributed by atoms with Crippen LogP contribution in [-0.2, 0) is 21.4 Å². The highest BCUT2D eigenvalue weighted by Gasteiger charge is 2.34. The fraction of sp³-hybridized carbons (Fsp3) is 0.393. The van der Waals surface area contributed by atoms with Gasteiger partial charge >= 0.3 is 0 Å². The number of hydrogen-bond acceptors (Lipinski definition) is 6. The van der Waals surface area contributed by atoms with Gasteiger partial charge in [-0.05, 0) is 53.4 Å². The van der Waals surface area contributed by atoms with Crippen molar-refractivity contribution in [2.75, 3.05) is 46.1 Å². The van der Waals surface area contributed by atoms with Gasteiger partial charge in [-0.25, -0.2) is 8.42 Å². The third kappa shape index (κ3) is 4.91. The average molecular weight is 522 g/mol. The van der Waals surface area contributed by atoms with Crippen molar-refractivity contribution in [3.8, 4) is 11.5 Å². The van der Waals surface area contributed by atoms with Crippen molar-refractivity contribution in [3.05, 3.63) is 66.2 Å².